The third-order valence-corrected chi connectivity index (χ3v) is 3.46. The first kappa shape index (κ1) is 18.3. The van der Waals surface area contributed by atoms with Crippen molar-refractivity contribution in [1.82, 2.24) is 15.1 Å². The third kappa shape index (κ3) is 6.19. The number of anilines is 1. The van der Waals surface area contributed by atoms with Crippen LogP contribution in [0.2, 0.25) is 0 Å². The summed E-state index contributed by atoms with van der Waals surface area (Å²) in [7, 11) is 0. The first-order valence-electron chi connectivity index (χ1n) is 7.38. The number of nitrogens with one attached hydrogen (secondary N) is 3. The number of aliphatic carboxylic acids is 1. The molecule has 0 saturated heterocycles. The Morgan fingerprint density at radius 1 is 1.24 bits per heavy atom. The van der Waals surface area contributed by atoms with Crippen LogP contribution in [-0.4, -0.2) is 47.1 Å². The molecule has 25 heavy (non-hydrogen) atoms. The van der Waals surface area contributed by atoms with Crippen molar-refractivity contribution in [3.05, 3.63) is 53.8 Å². The number of hydrogen-bond acceptors (Lipinski definition) is 4. The van der Waals surface area contributed by atoms with Gasteiger partial charge in [0.25, 0.3) is 5.91 Å². The predicted molar refractivity (Wildman–Crippen MR) is 93.2 cm³/mol. The summed E-state index contributed by atoms with van der Waals surface area (Å²) in [4.78, 5) is 34.2. The zero-order valence-corrected chi connectivity index (χ0v) is 13.9. The van der Waals surface area contributed by atoms with E-state index in [1.54, 1.807) is 24.4 Å². The average molecular weight is 365 g/mol. The van der Waals surface area contributed by atoms with Gasteiger partial charge in [0.15, 0.2) is 0 Å². The van der Waals surface area contributed by atoms with E-state index in [2.05, 4.69) is 16.0 Å². The molecule has 0 atom stereocenters. The lowest BCUT2D eigenvalue weighted by Gasteiger charge is -2.15. The zero-order chi connectivity index (χ0) is 18.2. The van der Waals surface area contributed by atoms with Crippen LogP contribution in [0.15, 0.2) is 48.2 Å². The van der Waals surface area contributed by atoms with Crippen LogP contribution in [0.5, 0.6) is 0 Å². The van der Waals surface area contributed by atoms with Gasteiger partial charge in [0.05, 0.1) is 6.54 Å². The molecule has 8 nitrogen and oxygen atoms in total. The molecule has 1 aromatic carbocycles. The van der Waals surface area contributed by atoms with Crippen LogP contribution < -0.4 is 16.0 Å². The van der Waals surface area contributed by atoms with Gasteiger partial charge in [-0.3, -0.25) is 14.0 Å². The molecule has 0 radical (unpaired) electrons. The number of carboxylic acids is 1. The first-order chi connectivity index (χ1) is 11.9. The molecule has 2 rings (SSSR count). The second kappa shape index (κ2) is 8.74. The highest BCUT2D eigenvalue weighted by Crippen LogP contribution is 2.11. The minimum Gasteiger partial charge on any atom is -0.480 e. The molecule has 1 aromatic rings. The maximum Gasteiger partial charge on any atom is 0.322 e. The molecule has 3 amide bonds. The van der Waals surface area contributed by atoms with E-state index in [1.165, 1.54) is 16.6 Å². The summed E-state index contributed by atoms with van der Waals surface area (Å²) in [5, 5.41) is 16.1. The van der Waals surface area contributed by atoms with Crippen LogP contribution in [-0.2, 0) is 4.79 Å². The summed E-state index contributed by atoms with van der Waals surface area (Å²) < 4.78 is 1.49. The van der Waals surface area contributed by atoms with Crippen molar-refractivity contribution in [2.24, 2.45) is 0 Å². The van der Waals surface area contributed by atoms with E-state index in [0.717, 1.165) is 5.57 Å². The Bertz CT molecular complexity index is 733. The van der Waals surface area contributed by atoms with E-state index >= 15 is 0 Å². The summed E-state index contributed by atoms with van der Waals surface area (Å²) in [6.07, 6.45) is 5.39. The molecule has 1 heterocycles. The molecule has 0 aliphatic carbocycles. The molecule has 1 aliphatic heterocycles. The molecule has 0 unspecified atom stereocenters. The molecule has 0 fully saturated rings. The van der Waals surface area contributed by atoms with Crippen molar-refractivity contribution in [1.29, 1.82) is 0 Å². The standard InChI is InChI=1S/C16H17ClN4O4/c17-21-6-4-11(5-7-21)9-19-16(25)20-13-3-1-2-12(8-13)15(24)18-10-14(22)23/h1-6,8H,7,9-10H2,(H,18,24)(H,22,23)(H2,19,20,25). The van der Waals surface area contributed by atoms with Gasteiger partial charge in [0.1, 0.15) is 6.54 Å². The number of benzene rings is 1. The van der Waals surface area contributed by atoms with Gasteiger partial charge in [-0.1, -0.05) is 12.1 Å². The van der Waals surface area contributed by atoms with Gasteiger partial charge in [-0.25, -0.2) is 4.79 Å². The number of nitrogens with zero attached hydrogens (tertiary/aromatic N) is 1. The van der Waals surface area contributed by atoms with Gasteiger partial charge in [-0.05, 0) is 29.8 Å². The monoisotopic (exact) mass is 364 g/mol. The lowest BCUT2D eigenvalue weighted by atomic mass is 10.2. The minimum atomic E-state index is -1.13. The van der Waals surface area contributed by atoms with Gasteiger partial charge >= 0.3 is 12.0 Å². The van der Waals surface area contributed by atoms with E-state index in [9.17, 15) is 14.4 Å². The van der Waals surface area contributed by atoms with Crippen molar-refractivity contribution in [2.45, 2.75) is 0 Å². The van der Waals surface area contributed by atoms with Crippen molar-refractivity contribution in [2.75, 3.05) is 25.0 Å². The topological polar surface area (TPSA) is 111 Å². The van der Waals surface area contributed by atoms with Crippen molar-refractivity contribution >= 4 is 35.4 Å². The van der Waals surface area contributed by atoms with Gasteiger partial charge in [-0.2, -0.15) is 0 Å². The molecule has 4 N–H and O–H groups in total. The van der Waals surface area contributed by atoms with Crippen LogP contribution in [0.4, 0.5) is 10.5 Å². The predicted octanol–water partition coefficient (Wildman–Crippen LogP) is 1.53. The summed E-state index contributed by atoms with van der Waals surface area (Å²) in [5.41, 5.74) is 1.59. The Labute approximate surface area is 149 Å². The van der Waals surface area contributed by atoms with E-state index in [4.69, 9.17) is 16.9 Å². The SMILES string of the molecule is O=C(O)CNC(=O)c1cccc(NC(=O)NCC2=CCN(Cl)C=C2)c1. The summed E-state index contributed by atoms with van der Waals surface area (Å²) in [5.74, 6) is -1.67. The third-order valence-electron chi connectivity index (χ3n) is 3.21. The molecular formula is C16H17ClN4O4. The smallest absolute Gasteiger partial charge is 0.322 e. The molecule has 0 saturated carbocycles. The Morgan fingerprint density at radius 2 is 2.04 bits per heavy atom. The van der Waals surface area contributed by atoms with Gasteiger partial charge in [0, 0.05) is 35.8 Å². The van der Waals surface area contributed by atoms with Crippen LogP contribution in [0.25, 0.3) is 0 Å². The Kier molecular flexibility index (Phi) is 6.41. The number of hydrogen-bond donors (Lipinski definition) is 4. The minimum absolute atomic E-state index is 0.249. The molecule has 0 spiro atoms. The normalized spacial score (nSPS) is 13.0. The number of halogens is 1. The summed E-state index contributed by atoms with van der Waals surface area (Å²) >= 11 is 5.77. The first-order valence-corrected chi connectivity index (χ1v) is 7.72. The molecule has 0 aromatic heterocycles. The van der Waals surface area contributed by atoms with E-state index < -0.39 is 24.5 Å². The van der Waals surface area contributed by atoms with E-state index in [-0.39, 0.29) is 5.56 Å². The fourth-order valence-corrected chi connectivity index (χ4v) is 2.12. The Hall–Kier alpha value is -3.00. The van der Waals surface area contributed by atoms with Gasteiger partial charge < -0.3 is 21.1 Å². The largest absolute Gasteiger partial charge is 0.480 e. The number of urea groups is 1. The summed E-state index contributed by atoms with van der Waals surface area (Å²) in [6, 6.07) is 5.77. The molecule has 0 bridgehead atoms. The molecular weight excluding hydrogens is 348 g/mol. The Morgan fingerprint density at radius 3 is 2.72 bits per heavy atom. The Balaban J connectivity index is 1.86. The van der Waals surface area contributed by atoms with Crippen molar-refractivity contribution in [3.8, 4) is 0 Å². The van der Waals surface area contributed by atoms with Crippen LogP contribution >= 0.6 is 11.8 Å². The maximum atomic E-state index is 11.9. The molecule has 132 valence electrons. The van der Waals surface area contributed by atoms with E-state index in [1.807, 2.05) is 6.08 Å². The maximum absolute atomic E-state index is 11.9. The fraction of sp³-hybridized carbons (Fsp3) is 0.188. The number of carbonyl (C=O) groups excluding carboxylic acids is 2. The lowest BCUT2D eigenvalue weighted by Crippen LogP contribution is -2.31. The highest BCUT2D eigenvalue weighted by Gasteiger charge is 2.09. The average Bonchev–Trinajstić information content (AvgIpc) is 2.59. The van der Waals surface area contributed by atoms with Crippen LogP contribution in [0, 0.1) is 0 Å². The number of carbonyl (C=O) groups is 3. The quantitative estimate of drug-likeness (QED) is 0.572. The van der Waals surface area contributed by atoms with Crippen LogP contribution in [0.3, 0.4) is 0 Å². The zero-order valence-electron chi connectivity index (χ0n) is 13.2. The molecule has 1 aliphatic rings. The van der Waals surface area contributed by atoms with E-state index in [0.29, 0.717) is 18.8 Å². The van der Waals surface area contributed by atoms with Crippen molar-refractivity contribution < 1.29 is 19.5 Å². The second-order valence-electron chi connectivity index (χ2n) is 5.14. The number of amides is 3. The summed E-state index contributed by atoms with van der Waals surface area (Å²) in [6.45, 7) is 0.426. The lowest BCUT2D eigenvalue weighted by molar-refractivity contribution is -0.135. The van der Waals surface area contributed by atoms with Crippen LogP contribution in [0.1, 0.15) is 10.4 Å². The second-order valence-corrected chi connectivity index (χ2v) is 5.58. The highest BCUT2D eigenvalue weighted by molar-refractivity contribution is 6.14. The van der Waals surface area contributed by atoms with Gasteiger partial charge in [-0.15, -0.1) is 0 Å². The highest BCUT2D eigenvalue weighted by atomic mass is 35.5. The van der Waals surface area contributed by atoms with Crippen molar-refractivity contribution in [3.63, 3.8) is 0 Å². The molecule has 9 heteroatoms. The number of rotatable bonds is 6. The van der Waals surface area contributed by atoms with Gasteiger partial charge in [0.2, 0.25) is 0 Å². The fourth-order valence-electron chi connectivity index (χ4n) is 1.99. The number of carboxylic acid groups (broad SMARTS) is 1.